The number of thiazole rings is 1. The molecule has 4 aromatic rings. The highest BCUT2D eigenvalue weighted by molar-refractivity contribution is 7.90. The monoisotopic (exact) mass is 681 g/mol. The van der Waals surface area contributed by atoms with Crippen molar-refractivity contribution >= 4 is 44.1 Å². The molecule has 2 fully saturated rings. The van der Waals surface area contributed by atoms with Crippen LogP contribution in [0.5, 0.6) is 5.88 Å². The average molecular weight is 682 g/mol. The molecule has 0 radical (unpaired) electrons. The number of fused-ring (bicyclic) bond motifs is 1. The van der Waals surface area contributed by atoms with Gasteiger partial charge in [-0.2, -0.15) is 5.10 Å². The van der Waals surface area contributed by atoms with Gasteiger partial charge in [0.05, 0.1) is 27.0 Å². The Bertz CT molecular complexity index is 1860. The molecular formula is C32H43N9O4S2. The smallest absolute Gasteiger partial charge is 0.267 e. The van der Waals surface area contributed by atoms with E-state index in [1.165, 1.54) is 29.9 Å². The van der Waals surface area contributed by atoms with Gasteiger partial charge in [0.2, 0.25) is 5.88 Å². The molecule has 0 bridgehead atoms. The first-order valence-corrected chi connectivity index (χ1v) is 18.7. The van der Waals surface area contributed by atoms with Gasteiger partial charge in [-0.15, -0.1) is 11.3 Å². The van der Waals surface area contributed by atoms with Crippen molar-refractivity contribution in [3.8, 4) is 17.3 Å². The number of carbonyl (C=O) groups is 1. The fourth-order valence-corrected chi connectivity index (χ4v) is 7.83. The number of ether oxygens (including phenoxy) is 1. The van der Waals surface area contributed by atoms with Crippen LogP contribution in [0.25, 0.3) is 16.9 Å². The van der Waals surface area contributed by atoms with E-state index in [-0.39, 0.29) is 28.5 Å². The van der Waals surface area contributed by atoms with Crippen LogP contribution in [-0.2, 0) is 9.84 Å². The van der Waals surface area contributed by atoms with Gasteiger partial charge < -0.3 is 26.0 Å². The van der Waals surface area contributed by atoms with Gasteiger partial charge >= 0.3 is 0 Å². The predicted molar refractivity (Wildman–Crippen MR) is 183 cm³/mol. The van der Waals surface area contributed by atoms with Crippen LogP contribution in [0.4, 0.5) is 11.5 Å². The number of hydrogen-bond donors (Lipinski definition) is 3. The van der Waals surface area contributed by atoms with E-state index in [1.807, 2.05) is 13.0 Å². The summed E-state index contributed by atoms with van der Waals surface area (Å²) in [5.74, 6) is 0.554. The van der Waals surface area contributed by atoms with Crippen LogP contribution < -0.4 is 26.0 Å². The third kappa shape index (κ3) is 7.52. The Morgan fingerprint density at radius 3 is 2.55 bits per heavy atom. The van der Waals surface area contributed by atoms with Crippen LogP contribution >= 0.6 is 11.3 Å². The molecule has 0 aromatic carbocycles. The molecule has 252 valence electrons. The van der Waals surface area contributed by atoms with Gasteiger partial charge in [0.25, 0.3) is 5.91 Å². The first kappa shape index (κ1) is 33.1. The molecular weight excluding hydrogens is 639 g/mol. The third-order valence-corrected chi connectivity index (χ3v) is 10.6. The first-order valence-electron chi connectivity index (χ1n) is 16.0. The number of sulfone groups is 1. The van der Waals surface area contributed by atoms with Gasteiger partial charge in [-0.25, -0.2) is 22.9 Å². The summed E-state index contributed by atoms with van der Waals surface area (Å²) in [5.41, 5.74) is 9.09. The molecule has 1 amide bonds. The van der Waals surface area contributed by atoms with Crippen LogP contribution in [0.15, 0.2) is 35.6 Å². The fraction of sp³-hybridized carbons (Fsp3) is 0.531. The molecule has 15 heteroatoms. The van der Waals surface area contributed by atoms with Gasteiger partial charge in [0.1, 0.15) is 17.9 Å². The van der Waals surface area contributed by atoms with E-state index < -0.39 is 9.84 Å². The normalized spacial score (nSPS) is 20.8. The van der Waals surface area contributed by atoms with Crippen molar-refractivity contribution in [3.63, 3.8) is 0 Å². The van der Waals surface area contributed by atoms with Gasteiger partial charge in [-0.1, -0.05) is 0 Å². The molecule has 2 aliphatic rings. The highest BCUT2D eigenvalue weighted by Gasteiger charge is 2.30. The third-order valence-electron chi connectivity index (χ3n) is 8.59. The summed E-state index contributed by atoms with van der Waals surface area (Å²) >= 11 is 1.36. The number of anilines is 2. The number of aryl methyl sites for hydroxylation is 1. The number of rotatable bonds is 8. The lowest BCUT2D eigenvalue weighted by molar-refractivity contribution is 0.0919. The molecule has 13 nitrogen and oxygen atoms in total. The van der Waals surface area contributed by atoms with E-state index in [0.717, 1.165) is 62.0 Å². The SMILES string of the molecule is Cc1nc(OC2CCC(NC(C)(C)C)CC2)c(C(=O)N[C@@H]2CCCN(c3cc(-c4ccc(S(C)(=O)=O)cn4)n4ncnc(N)c34)C2)s1. The van der Waals surface area contributed by atoms with Crippen LogP contribution in [0.2, 0.25) is 0 Å². The van der Waals surface area contributed by atoms with Crippen molar-refractivity contribution in [2.75, 3.05) is 30.0 Å². The Balaban J connectivity index is 1.16. The molecule has 1 aliphatic carbocycles. The van der Waals surface area contributed by atoms with Gasteiger partial charge in [0.15, 0.2) is 20.5 Å². The molecule has 4 N–H and O–H groups in total. The molecule has 47 heavy (non-hydrogen) atoms. The van der Waals surface area contributed by atoms with E-state index in [0.29, 0.717) is 46.1 Å². The second-order valence-electron chi connectivity index (χ2n) is 13.6. The zero-order valence-corrected chi connectivity index (χ0v) is 29.1. The lowest BCUT2D eigenvalue weighted by Crippen LogP contribution is -2.48. The molecule has 5 heterocycles. The molecule has 6 rings (SSSR count). The Kier molecular flexibility index (Phi) is 9.15. The predicted octanol–water partition coefficient (Wildman–Crippen LogP) is 4.02. The van der Waals surface area contributed by atoms with E-state index in [9.17, 15) is 13.2 Å². The maximum absolute atomic E-state index is 13.6. The van der Waals surface area contributed by atoms with E-state index in [4.69, 9.17) is 10.5 Å². The van der Waals surface area contributed by atoms with Gasteiger partial charge in [0, 0.05) is 43.2 Å². The number of nitrogens with zero attached hydrogens (tertiary/aromatic N) is 6. The van der Waals surface area contributed by atoms with Crippen LogP contribution in [-0.4, -0.2) is 82.0 Å². The topological polar surface area (TPSA) is 170 Å². The van der Waals surface area contributed by atoms with Crippen LogP contribution in [0.1, 0.15) is 74.0 Å². The molecule has 0 unspecified atom stereocenters. The Labute approximate surface area is 279 Å². The minimum Gasteiger partial charge on any atom is -0.473 e. The van der Waals surface area contributed by atoms with E-state index >= 15 is 0 Å². The summed E-state index contributed by atoms with van der Waals surface area (Å²) in [6.07, 6.45) is 9.46. The largest absolute Gasteiger partial charge is 0.473 e. The number of nitrogens with two attached hydrogens (primary N) is 1. The highest BCUT2D eigenvalue weighted by Crippen LogP contribution is 2.35. The van der Waals surface area contributed by atoms with Crippen molar-refractivity contribution in [2.24, 2.45) is 0 Å². The van der Waals surface area contributed by atoms with Crippen molar-refractivity contribution < 1.29 is 17.9 Å². The number of hydrogen-bond acceptors (Lipinski definition) is 12. The molecule has 1 aliphatic heterocycles. The van der Waals surface area contributed by atoms with Crippen molar-refractivity contribution in [2.45, 2.75) is 94.8 Å². The minimum absolute atomic E-state index is 0.0355. The molecule has 0 spiro atoms. The molecule has 1 saturated carbocycles. The van der Waals surface area contributed by atoms with Gasteiger partial charge in [-0.3, -0.25) is 9.78 Å². The number of pyridine rings is 1. The first-order chi connectivity index (χ1) is 22.2. The zero-order chi connectivity index (χ0) is 33.5. The maximum Gasteiger partial charge on any atom is 0.267 e. The number of carbonyl (C=O) groups excluding carboxylic acids is 1. The minimum atomic E-state index is -3.39. The lowest BCUT2D eigenvalue weighted by Gasteiger charge is -2.34. The van der Waals surface area contributed by atoms with Gasteiger partial charge in [-0.05, 0) is 84.4 Å². The van der Waals surface area contributed by atoms with Crippen molar-refractivity contribution in [1.82, 2.24) is 35.2 Å². The second kappa shape index (κ2) is 13.0. The second-order valence-corrected chi connectivity index (χ2v) is 16.8. The Morgan fingerprint density at radius 1 is 1.11 bits per heavy atom. The molecule has 4 aromatic heterocycles. The summed E-state index contributed by atoms with van der Waals surface area (Å²) < 4.78 is 32.0. The Hall–Kier alpha value is -3.82. The summed E-state index contributed by atoms with van der Waals surface area (Å²) in [6.45, 7) is 9.76. The molecule has 1 atom stereocenters. The van der Waals surface area contributed by atoms with E-state index in [1.54, 1.807) is 10.6 Å². The quantitative estimate of drug-likeness (QED) is 0.246. The summed E-state index contributed by atoms with van der Waals surface area (Å²) in [5, 5.41) is 12.2. The highest BCUT2D eigenvalue weighted by atomic mass is 32.2. The maximum atomic E-state index is 13.6. The number of aromatic nitrogens is 5. The van der Waals surface area contributed by atoms with Crippen molar-refractivity contribution in [1.29, 1.82) is 0 Å². The fourth-order valence-electron chi connectivity index (χ4n) is 6.51. The summed E-state index contributed by atoms with van der Waals surface area (Å²) in [7, 11) is -3.39. The van der Waals surface area contributed by atoms with E-state index in [2.05, 4.69) is 56.4 Å². The number of nitrogen functional groups attached to an aromatic ring is 1. The van der Waals surface area contributed by atoms with Crippen molar-refractivity contribution in [3.05, 3.63) is 40.6 Å². The number of nitrogens with one attached hydrogen (secondary N) is 2. The number of piperidine rings is 1. The van der Waals surface area contributed by atoms with Crippen LogP contribution in [0.3, 0.4) is 0 Å². The summed E-state index contributed by atoms with van der Waals surface area (Å²) in [6, 6.07) is 5.47. The number of amides is 1. The Morgan fingerprint density at radius 2 is 1.87 bits per heavy atom. The zero-order valence-electron chi connectivity index (χ0n) is 27.5. The summed E-state index contributed by atoms with van der Waals surface area (Å²) in [4.78, 5) is 29.7. The van der Waals surface area contributed by atoms with Crippen LogP contribution in [0, 0.1) is 6.92 Å². The standard InChI is InChI=1S/C32H43N9O4S2/c1-19-37-31(45-22-10-8-20(9-11-22)39-32(2,3)4)28(46-19)30(42)38-21-7-6-14-40(17-21)26-15-25(41-27(26)29(33)35-18-36-41)24-13-12-23(16-34-24)47(5,43)44/h12-13,15-16,18,20-22,39H,6-11,14,17H2,1-5H3,(H,38,42)(H2,33,35,36)/t20?,21-,22?/m1/s1. The molecule has 1 saturated heterocycles. The average Bonchev–Trinajstić information content (AvgIpc) is 3.58. The lowest BCUT2D eigenvalue weighted by atomic mass is 9.91.